The molecule has 3 fully saturated rings. The van der Waals surface area contributed by atoms with Gasteiger partial charge in [-0.05, 0) is 24.2 Å². The van der Waals surface area contributed by atoms with Gasteiger partial charge in [0.25, 0.3) is 0 Å². The molecule has 2 saturated carbocycles. The Morgan fingerprint density at radius 1 is 1.24 bits per heavy atom. The van der Waals surface area contributed by atoms with Gasteiger partial charge in [0.2, 0.25) is 5.95 Å². The van der Waals surface area contributed by atoms with Gasteiger partial charge >= 0.3 is 0 Å². The molecule has 0 spiro atoms. The lowest BCUT2D eigenvalue weighted by Gasteiger charge is -2.39. The largest absolute Gasteiger partial charge is 0.338 e. The summed E-state index contributed by atoms with van der Waals surface area (Å²) in [6.45, 7) is 8.04. The molecule has 3 aliphatic rings. The van der Waals surface area contributed by atoms with E-state index in [4.69, 9.17) is 0 Å². The zero-order valence-electron chi connectivity index (χ0n) is 14.9. The van der Waals surface area contributed by atoms with Crippen LogP contribution >= 0.6 is 11.9 Å². The van der Waals surface area contributed by atoms with Crippen LogP contribution in [0.1, 0.15) is 33.1 Å². The van der Waals surface area contributed by atoms with Crippen LogP contribution in [0.3, 0.4) is 0 Å². The van der Waals surface area contributed by atoms with E-state index in [2.05, 4.69) is 33.0 Å². The van der Waals surface area contributed by atoms with Crippen LogP contribution in [-0.4, -0.2) is 52.0 Å². The highest BCUT2D eigenvalue weighted by atomic mass is 32.2. The first-order valence-corrected chi connectivity index (χ1v) is 10.0. The standard InChI is InChI=1S/C18H25FN4OS/c1-17(2)13-3-4-18(17,15(24)9-13)12-25-23-7-5-22(6-8-23)16-20-10-14(19)11-21-16/h10-11,13H,3-9,12H2,1-2H3/t13-,18-/m1/s1. The second-order valence-electron chi connectivity index (χ2n) is 8.06. The van der Waals surface area contributed by atoms with E-state index in [1.165, 1.54) is 18.8 Å². The van der Waals surface area contributed by atoms with E-state index in [1.807, 2.05) is 11.9 Å². The SMILES string of the molecule is CC1(C)[C@@H]2CC[C@@]1(CSN1CCN(c3ncc(F)cn3)CC1)C(=O)C2. The second kappa shape index (κ2) is 6.20. The molecule has 2 bridgehead atoms. The molecule has 5 nitrogen and oxygen atoms in total. The van der Waals surface area contributed by atoms with Crippen LogP contribution in [-0.2, 0) is 4.79 Å². The van der Waals surface area contributed by atoms with E-state index in [-0.39, 0.29) is 10.8 Å². The van der Waals surface area contributed by atoms with E-state index >= 15 is 0 Å². The Kier molecular flexibility index (Phi) is 4.27. The van der Waals surface area contributed by atoms with Crippen molar-refractivity contribution in [2.75, 3.05) is 36.8 Å². The number of hydrogen-bond donors (Lipinski definition) is 0. The molecular weight excluding hydrogens is 339 g/mol. The Morgan fingerprint density at radius 2 is 1.92 bits per heavy atom. The molecule has 136 valence electrons. The molecule has 0 amide bonds. The lowest BCUT2D eigenvalue weighted by Crippen LogP contribution is -2.46. The Labute approximate surface area is 152 Å². The molecule has 2 aliphatic carbocycles. The average molecular weight is 364 g/mol. The fraction of sp³-hybridized carbons (Fsp3) is 0.722. The molecule has 2 atom stereocenters. The third-order valence-electron chi connectivity index (χ3n) is 6.76. The number of hydrogen-bond acceptors (Lipinski definition) is 6. The van der Waals surface area contributed by atoms with Crippen LogP contribution in [0.5, 0.6) is 0 Å². The minimum absolute atomic E-state index is 0.125. The molecule has 1 saturated heterocycles. The molecule has 1 aromatic heterocycles. The summed E-state index contributed by atoms with van der Waals surface area (Å²) in [4.78, 5) is 22.8. The Morgan fingerprint density at radius 3 is 2.48 bits per heavy atom. The van der Waals surface area contributed by atoms with E-state index in [9.17, 15) is 9.18 Å². The highest BCUT2D eigenvalue weighted by molar-refractivity contribution is 7.97. The highest BCUT2D eigenvalue weighted by Gasteiger charge is 2.63. The number of piperazine rings is 1. The van der Waals surface area contributed by atoms with Crippen molar-refractivity contribution in [1.29, 1.82) is 0 Å². The van der Waals surface area contributed by atoms with Crippen molar-refractivity contribution in [3.8, 4) is 0 Å². The van der Waals surface area contributed by atoms with Gasteiger partial charge in [-0.15, -0.1) is 0 Å². The smallest absolute Gasteiger partial charge is 0.225 e. The van der Waals surface area contributed by atoms with Gasteiger partial charge in [-0.1, -0.05) is 25.8 Å². The molecule has 0 unspecified atom stereocenters. The van der Waals surface area contributed by atoms with E-state index in [0.717, 1.165) is 44.8 Å². The number of nitrogens with zero attached hydrogens (tertiary/aromatic N) is 4. The molecule has 25 heavy (non-hydrogen) atoms. The molecular formula is C18H25FN4OS. The van der Waals surface area contributed by atoms with Crippen molar-refractivity contribution in [2.24, 2.45) is 16.7 Å². The molecule has 1 aromatic rings. The van der Waals surface area contributed by atoms with Crippen molar-refractivity contribution in [3.63, 3.8) is 0 Å². The number of anilines is 1. The zero-order chi connectivity index (χ0) is 17.7. The summed E-state index contributed by atoms with van der Waals surface area (Å²) in [5, 5.41) is 0. The van der Waals surface area contributed by atoms with Crippen molar-refractivity contribution in [3.05, 3.63) is 18.2 Å². The minimum atomic E-state index is -0.407. The predicted molar refractivity (Wildman–Crippen MR) is 96.8 cm³/mol. The fourth-order valence-corrected chi connectivity index (χ4v) is 6.30. The minimum Gasteiger partial charge on any atom is -0.338 e. The van der Waals surface area contributed by atoms with Crippen LogP contribution in [0.15, 0.2) is 12.4 Å². The molecule has 0 radical (unpaired) electrons. The Bertz CT molecular complexity index is 660. The summed E-state index contributed by atoms with van der Waals surface area (Å²) in [7, 11) is 0. The van der Waals surface area contributed by atoms with Crippen LogP contribution < -0.4 is 4.90 Å². The summed E-state index contributed by atoms with van der Waals surface area (Å²) in [6, 6.07) is 0. The Balaban J connectivity index is 1.33. The number of rotatable bonds is 4. The normalized spacial score (nSPS) is 31.7. The van der Waals surface area contributed by atoms with Crippen LogP contribution in [0.4, 0.5) is 10.3 Å². The predicted octanol–water partition coefficient (Wildman–Crippen LogP) is 2.78. The van der Waals surface area contributed by atoms with Gasteiger partial charge in [0, 0.05) is 43.8 Å². The van der Waals surface area contributed by atoms with Crippen molar-refractivity contribution in [2.45, 2.75) is 33.1 Å². The number of halogens is 1. The lowest BCUT2D eigenvalue weighted by molar-refractivity contribution is -0.127. The topological polar surface area (TPSA) is 49.3 Å². The highest BCUT2D eigenvalue weighted by Crippen LogP contribution is 2.64. The summed E-state index contributed by atoms with van der Waals surface area (Å²) < 4.78 is 15.3. The third-order valence-corrected chi connectivity index (χ3v) is 8.11. The summed E-state index contributed by atoms with van der Waals surface area (Å²) in [5.74, 6) is 2.15. The quantitative estimate of drug-likeness (QED) is 0.766. The number of Topliss-reactive ketones (excluding diaryl/α,β-unsaturated/α-hetero) is 1. The van der Waals surface area contributed by atoms with Crippen LogP contribution in [0, 0.1) is 22.6 Å². The monoisotopic (exact) mass is 364 g/mol. The first-order chi connectivity index (χ1) is 11.9. The first kappa shape index (κ1) is 17.2. The zero-order valence-corrected chi connectivity index (χ0v) is 15.7. The Hall–Kier alpha value is -1.21. The van der Waals surface area contributed by atoms with Gasteiger partial charge in [-0.3, -0.25) is 4.79 Å². The first-order valence-electron chi connectivity index (χ1n) is 9.06. The number of fused-ring (bicyclic) bond motifs is 2. The molecule has 1 aliphatic heterocycles. The molecule has 4 rings (SSSR count). The van der Waals surface area contributed by atoms with E-state index < -0.39 is 5.82 Å². The molecule has 0 aromatic carbocycles. The van der Waals surface area contributed by atoms with Gasteiger partial charge in [-0.2, -0.15) is 0 Å². The summed E-state index contributed by atoms with van der Waals surface area (Å²) in [6.07, 6.45) is 5.47. The van der Waals surface area contributed by atoms with Crippen LogP contribution in [0.2, 0.25) is 0 Å². The molecule has 0 N–H and O–H groups in total. The second-order valence-corrected chi connectivity index (χ2v) is 9.12. The number of aromatic nitrogens is 2. The van der Waals surface area contributed by atoms with Crippen molar-refractivity contribution < 1.29 is 9.18 Å². The molecule has 2 heterocycles. The fourth-order valence-electron chi connectivity index (χ4n) is 4.80. The van der Waals surface area contributed by atoms with Gasteiger partial charge in [0.1, 0.15) is 5.78 Å². The lowest BCUT2D eigenvalue weighted by atomic mass is 9.70. The number of carbonyl (C=O) groups is 1. The number of carbonyl (C=O) groups excluding carboxylic acids is 1. The maximum atomic E-state index is 12.9. The van der Waals surface area contributed by atoms with Gasteiger partial charge < -0.3 is 4.90 Å². The maximum Gasteiger partial charge on any atom is 0.225 e. The number of ketones is 1. The van der Waals surface area contributed by atoms with Crippen molar-refractivity contribution in [1.82, 2.24) is 14.3 Å². The maximum absolute atomic E-state index is 12.9. The average Bonchev–Trinajstić information content (AvgIpc) is 2.96. The van der Waals surface area contributed by atoms with E-state index in [0.29, 0.717) is 17.6 Å². The summed E-state index contributed by atoms with van der Waals surface area (Å²) in [5.41, 5.74) is 0.0143. The molecule has 7 heteroatoms. The summed E-state index contributed by atoms with van der Waals surface area (Å²) >= 11 is 1.84. The third kappa shape index (κ3) is 2.76. The van der Waals surface area contributed by atoms with E-state index in [1.54, 1.807) is 0 Å². The van der Waals surface area contributed by atoms with Crippen LogP contribution in [0.25, 0.3) is 0 Å². The van der Waals surface area contributed by atoms with Crippen molar-refractivity contribution >= 4 is 23.7 Å². The van der Waals surface area contributed by atoms with Gasteiger partial charge in [0.05, 0.1) is 12.4 Å². The van der Waals surface area contributed by atoms with Gasteiger partial charge in [-0.25, -0.2) is 18.7 Å². The van der Waals surface area contributed by atoms with Gasteiger partial charge in [0.15, 0.2) is 5.82 Å².